The molecule has 5 heteroatoms. The Balaban J connectivity index is 2.12. The number of hydrogen-bond donors (Lipinski definition) is 2. The van der Waals surface area contributed by atoms with E-state index in [0.717, 1.165) is 11.3 Å². The average molecular weight is 244 g/mol. The van der Waals surface area contributed by atoms with Gasteiger partial charge in [-0.1, -0.05) is 0 Å². The lowest BCUT2D eigenvalue weighted by molar-refractivity contribution is -0.119. The molecular formula is C13H16N4O. The van der Waals surface area contributed by atoms with Gasteiger partial charge in [0.25, 0.3) is 0 Å². The zero-order chi connectivity index (χ0) is 13.1. The molecule has 0 aliphatic heterocycles. The maximum atomic E-state index is 12.0. The van der Waals surface area contributed by atoms with Crippen LogP contribution in [-0.2, 0) is 4.79 Å². The molecule has 3 N–H and O–H groups in total. The van der Waals surface area contributed by atoms with E-state index in [9.17, 15) is 4.79 Å². The zero-order valence-corrected chi connectivity index (χ0v) is 10.4. The lowest BCUT2D eigenvalue weighted by Crippen LogP contribution is -2.24. The molecule has 1 aromatic heterocycles. The number of hydrogen-bond acceptors (Lipinski definition) is 3. The fraction of sp³-hybridized carbons (Fsp3) is 0.231. The maximum Gasteiger partial charge on any atom is 0.248 e. The molecule has 1 heterocycles. The summed E-state index contributed by atoms with van der Waals surface area (Å²) < 4.78 is 1.61. The van der Waals surface area contributed by atoms with E-state index in [4.69, 9.17) is 5.73 Å². The van der Waals surface area contributed by atoms with Crippen LogP contribution in [-0.4, -0.2) is 15.7 Å². The number of nitrogens with one attached hydrogen (secondary N) is 1. The quantitative estimate of drug-likeness (QED) is 0.811. The van der Waals surface area contributed by atoms with Crippen molar-refractivity contribution >= 4 is 17.3 Å². The number of amides is 1. The number of nitrogens with zero attached hydrogens (tertiary/aromatic N) is 2. The van der Waals surface area contributed by atoms with Gasteiger partial charge >= 0.3 is 0 Å². The third-order valence-electron chi connectivity index (χ3n) is 2.81. The monoisotopic (exact) mass is 244 g/mol. The molecule has 2 rings (SSSR count). The zero-order valence-electron chi connectivity index (χ0n) is 10.4. The Morgan fingerprint density at radius 3 is 2.89 bits per heavy atom. The Morgan fingerprint density at radius 2 is 2.28 bits per heavy atom. The number of carbonyl (C=O) groups excluding carboxylic acids is 1. The minimum Gasteiger partial charge on any atom is -0.399 e. The molecule has 0 fully saturated rings. The maximum absolute atomic E-state index is 12.0. The second-order valence-electron chi connectivity index (χ2n) is 4.23. The Morgan fingerprint density at radius 1 is 1.50 bits per heavy atom. The van der Waals surface area contributed by atoms with Crippen LogP contribution in [0.4, 0.5) is 11.4 Å². The molecule has 0 radical (unpaired) electrons. The fourth-order valence-electron chi connectivity index (χ4n) is 1.69. The second kappa shape index (κ2) is 4.91. The summed E-state index contributed by atoms with van der Waals surface area (Å²) in [6.45, 7) is 3.71. The van der Waals surface area contributed by atoms with Crippen molar-refractivity contribution in [2.24, 2.45) is 0 Å². The van der Waals surface area contributed by atoms with Crippen molar-refractivity contribution in [3.8, 4) is 0 Å². The second-order valence-corrected chi connectivity index (χ2v) is 4.23. The van der Waals surface area contributed by atoms with Gasteiger partial charge in [-0.2, -0.15) is 5.10 Å². The van der Waals surface area contributed by atoms with E-state index in [1.165, 1.54) is 0 Å². The van der Waals surface area contributed by atoms with E-state index in [1.807, 2.05) is 13.0 Å². The van der Waals surface area contributed by atoms with Gasteiger partial charge in [-0.3, -0.25) is 9.48 Å². The molecular weight excluding hydrogens is 228 g/mol. The molecule has 94 valence electrons. The minimum atomic E-state index is -0.350. The first-order chi connectivity index (χ1) is 8.58. The van der Waals surface area contributed by atoms with Crippen LogP contribution in [0.2, 0.25) is 0 Å². The van der Waals surface area contributed by atoms with Crippen LogP contribution < -0.4 is 11.1 Å². The molecule has 0 saturated heterocycles. The first-order valence-corrected chi connectivity index (χ1v) is 5.74. The van der Waals surface area contributed by atoms with Gasteiger partial charge in [0, 0.05) is 23.8 Å². The standard InChI is InChI=1S/C13H16N4O/c1-9-8-11(14)4-5-12(9)16-13(18)10(2)17-7-3-6-15-17/h3-8,10H,14H2,1-2H3,(H,16,18). The molecule has 2 aromatic rings. The van der Waals surface area contributed by atoms with Crippen LogP contribution in [0.1, 0.15) is 18.5 Å². The van der Waals surface area contributed by atoms with E-state index in [-0.39, 0.29) is 11.9 Å². The number of aryl methyl sites for hydroxylation is 1. The van der Waals surface area contributed by atoms with Gasteiger partial charge < -0.3 is 11.1 Å². The van der Waals surface area contributed by atoms with Crippen LogP contribution in [0.3, 0.4) is 0 Å². The Labute approximate surface area is 106 Å². The summed E-state index contributed by atoms with van der Waals surface area (Å²) in [7, 11) is 0. The van der Waals surface area contributed by atoms with Gasteiger partial charge in [-0.25, -0.2) is 0 Å². The number of rotatable bonds is 3. The Kier molecular flexibility index (Phi) is 3.32. The molecule has 0 saturated carbocycles. The smallest absolute Gasteiger partial charge is 0.248 e. The molecule has 1 atom stereocenters. The summed E-state index contributed by atoms with van der Waals surface area (Å²) in [5.41, 5.74) is 8.07. The SMILES string of the molecule is Cc1cc(N)ccc1NC(=O)C(C)n1cccn1. The molecule has 5 nitrogen and oxygen atoms in total. The third-order valence-corrected chi connectivity index (χ3v) is 2.81. The lowest BCUT2D eigenvalue weighted by atomic mass is 10.1. The topological polar surface area (TPSA) is 72.9 Å². The molecule has 0 aliphatic carbocycles. The highest BCUT2D eigenvalue weighted by Crippen LogP contribution is 2.19. The molecule has 0 bridgehead atoms. The van der Waals surface area contributed by atoms with Crippen LogP contribution in [0.5, 0.6) is 0 Å². The summed E-state index contributed by atoms with van der Waals surface area (Å²) in [6.07, 6.45) is 3.42. The third kappa shape index (κ3) is 2.51. The number of benzene rings is 1. The Bertz CT molecular complexity index is 548. The highest BCUT2D eigenvalue weighted by molar-refractivity contribution is 5.94. The minimum absolute atomic E-state index is 0.105. The van der Waals surface area contributed by atoms with Crippen molar-refractivity contribution in [1.82, 2.24) is 9.78 Å². The van der Waals surface area contributed by atoms with Crippen molar-refractivity contribution in [2.45, 2.75) is 19.9 Å². The van der Waals surface area contributed by atoms with Crippen LogP contribution in [0.15, 0.2) is 36.7 Å². The predicted molar refractivity (Wildman–Crippen MR) is 71.2 cm³/mol. The van der Waals surface area contributed by atoms with Gasteiger partial charge in [0.2, 0.25) is 5.91 Å². The summed E-state index contributed by atoms with van der Waals surface area (Å²) in [5.74, 6) is -0.105. The van der Waals surface area contributed by atoms with Gasteiger partial charge in [0.1, 0.15) is 6.04 Å². The van der Waals surface area contributed by atoms with Gasteiger partial charge in [0.15, 0.2) is 0 Å². The summed E-state index contributed by atoms with van der Waals surface area (Å²) in [4.78, 5) is 12.0. The highest BCUT2D eigenvalue weighted by atomic mass is 16.2. The van der Waals surface area contributed by atoms with E-state index in [2.05, 4.69) is 10.4 Å². The Hall–Kier alpha value is -2.30. The first-order valence-electron chi connectivity index (χ1n) is 5.74. The van der Waals surface area contributed by atoms with Crippen LogP contribution in [0, 0.1) is 6.92 Å². The number of nitrogen functional groups attached to an aromatic ring is 1. The van der Waals surface area contributed by atoms with Crippen molar-refractivity contribution in [1.29, 1.82) is 0 Å². The van der Waals surface area contributed by atoms with Crippen molar-refractivity contribution in [3.05, 3.63) is 42.2 Å². The normalized spacial score (nSPS) is 12.1. The van der Waals surface area contributed by atoms with Gasteiger partial charge in [-0.15, -0.1) is 0 Å². The van der Waals surface area contributed by atoms with E-state index >= 15 is 0 Å². The van der Waals surface area contributed by atoms with Crippen molar-refractivity contribution in [3.63, 3.8) is 0 Å². The summed E-state index contributed by atoms with van der Waals surface area (Å²) in [6, 6.07) is 6.84. The summed E-state index contributed by atoms with van der Waals surface area (Å²) in [5, 5.41) is 6.92. The highest BCUT2D eigenvalue weighted by Gasteiger charge is 2.15. The number of aromatic nitrogens is 2. The predicted octanol–water partition coefficient (Wildman–Crippen LogP) is 1.97. The van der Waals surface area contributed by atoms with E-state index < -0.39 is 0 Å². The van der Waals surface area contributed by atoms with Crippen LogP contribution >= 0.6 is 0 Å². The largest absolute Gasteiger partial charge is 0.399 e. The number of nitrogens with two attached hydrogens (primary N) is 1. The number of carbonyl (C=O) groups is 1. The van der Waals surface area contributed by atoms with Gasteiger partial charge in [0.05, 0.1) is 0 Å². The summed E-state index contributed by atoms with van der Waals surface area (Å²) >= 11 is 0. The first kappa shape index (κ1) is 12.2. The number of anilines is 2. The average Bonchev–Trinajstić information content (AvgIpc) is 2.85. The molecule has 1 amide bonds. The molecule has 18 heavy (non-hydrogen) atoms. The van der Waals surface area contributed by atoms with Crippen molar-refractivity contribution in [2.75, 3.05) is 11.1 Å². The van der Waals surface area contributed by atoms with E-state index in [1.54, 1.807) is 42.2 Å². The lowest BCUT2D eigenvalue weighted by Gasteiger charge is -2.14. The van der Waals surface area contributed by atoms with Gasteiger partial charge in [-0.05, 0) is 43.7 Å². The molecule has 0 aliphatic rings. The molecule has 1 aromatic carbocycles. The molecule has 0 spiro atoms. The van der Waals surface area contributed by atoms with Crippen LogP contribution in [0.25, 0.3) is 0 Å². The van der Waals surface area contributed by atoms with E-state index in [0.29, 0.717) is 5.69 Å². The molecule has 1 unspecified atom stereocenters. The fourth-order valence-corrected chi connectivity index (χ4v) is 1.69. The van der Waals surface area contributed by atoms with Crippen molar-refractivity contribution < 1.29 is 4.79 Å².